The number of carboxylic acids is 1. The molecular formula is C15H21ClN2O4. The van der Waals surface area contributed by atoms with Gasteiger partial charge in [-0.1, -0.05) is 38.8 Å². The van der Waals surface area contributed by atoms with E-state index in [9.17, 15) is 14.4 Å². The molecule has 0 aliphatic carbocycles. The smallest absolute Gasteiger partial charge is 0.326 e. The molecular weight excluding hydrogens is 308 g/mol. The van der Waals surface area contributed by atoms with Crippen LogP contribution in [0.3, 0.4) is 0 Å². The lowest BCUT2D eigenvalue weighted by molar-refractivity contribution is -0.143. The zero-order valence-electron chi connectivity index (χ0n) is 12.9. The lowest BCUT2D eigenvalue weighted by atomic mass is 10.0. The first kappa shape index (κ1) is 18.2. The predicted molar refractivity (Wildman–Crippen MR) is 84.1 cm³/mol. The monoisotopic (exact) mass is 328 g/mol. The summed E-state index contributed by atoms with van der Waals surface area (Å²) in [4.78, 5) is 35.6. The molecule has 0 saturated carbocycles. The van der Waals surface area contributed by atoms with Gasteiger partial charge in [0.15, 0.2) is 0 Å². The SMILES string of the molecule is CCCC(C(=O)NC(C(=O)O)C(C)C)n1cc(Cl)ccc1=O. The maximum Gasteiger partial charge on any atom is 0.326 e. The third kappa shape index (κ3) is 4.59. The van der Waals surface area contributed by atoms with E-state index in [2.05, 4.69) is 5.32 Å². The van der Waals surface area contributed by atoms with Crippen molar-refractivity contribution in [2.75, 3.05) is 0 Å². The van der Waals surface area contributed by atoms with Crippen LogP contribution < -0.4 is 10.9 Å². The molecule has 1 aromatic heterocycles. The first-order valence-electron chi connectivity index (χ1n) is 7.18. The molecule has 122 valence electrons. The standard InChI is InChI=1S/C15H21ClN2O4/c1-4-5-11(18-8-10(16)6-7-12(18)19)14(20)17-13(9(2)3)15(21)22/h6-9,11,13H,4-5H2,1-3H3,(H,17,20)(H,21,22). The molecule has 2 N–H and O–H groups in total. The van der Waals surface area contributed by atoms with E-state index in [1.165, 1.54) is 22.9 Å². The van der Waals surface area contributed by atoms with E-state index in [0.717, 1.165) is 0 Å². The van der Waals surface area contributed by atoms with Crippen molar-refractivity contribution in [3.8, 4) is 0 Å². The number of amides is 1. The second-order valence-electron chi connectivity index (χ2n) is 5.47. The fourth-order valence-corrected chi connectivity index (χ4v) is 2.32. The topological polar surface area (TPSA) is 88.4 Å². The molecule has 1 heterocycles. The largest absolute Gasteiger partial charge is 0.480 e. The van der Waals surface area contributed by atoms with Crippen LogP contribution in [0, 0.1) is 5.92 Å². The Morgan fingerprint density at radius 2 is 2.00 bits per heavy atom. The molecule has 0 bridgehead atoms. The lowest BCUT2D eigenvalue weighted by Crippen LogP contribution is -2.48. The Labute approximate surface area is 134 Å². The van der Waals surface area contributed by atoms with E-state index in [-0.39, 0.29) is 11.5 Å². The number of carboxylic acid groups (broad SMARTS) is 1. The zero-order chi connectivity index (χ0) is 16.9. The normalized spacial score (nSPS) is 13.7. The number of aliphatic carboxylic acids is 1. The van der Waals surface area contributed by atoms with Crippen LogP contribution in [0.5, 0.6) is 0 Å². The number of carbonyl (C=O) groups is 2. The second kappa shape index (κ2) is 7.98. The molecule has 1 rings (SSSR count). The summed E-state index contributed by atoms with van der Waals surface area (Å²) in [6, 6.07) is 0.962. The summed E-state index contributed by atoms with van der Waals surface area (Å²) in [6.45, 7) is 5.30. The van der Waals surface area contributed by atoms with E-state index < -0.39 is 24.0 Å². The molecule has 1 aromatic rings. The molecule has 6 nitrogen and oxygen atoms in total. The lowest BCUT2D eigenvalue weighted by Gasteiger charge is -2.23. The highest BCUT2D eigenvalue weighted by atomic mass is 35.5. The number of nitrogens with zero attached hydrogens (tertiary/aromatic N) is 1. The van der Waals surface area contributed by atoms with Crippen LogP contribution in [0.1, 0.15) is 39.7 Å². The van der Waals surface area contributed by atoms with E-state index in [1.54, 1.807) is 13.8 Å². The minimum Gasteiger partial charge on any atom is -0.480 e. The van der Waals surface area contributed by atoms with Gasteiger partial charge in [0.2, 0.25) is 5.91 Å². The highest BCUT2D eigenvalue weighted by Crippen LogP contribution is 2.16. The molecule has 22 heavy (non-hydrogen) atoms. The van der Waals surface area contributed by atoms with Gasteiger partial charge in [0.1, 0.15) is 12.1 Å². The Balaban J connectivity index is 3.09. The van der Waals surface area contributed by atoms with E-state index in [0.29, 0.717) is 17.9 Å². The number of nitrogens with one attached hydrogen (secondary N) is 1. The van der Waals surface area contributed by atoms with Gasteiger partial charge >= 0.3 is 5.97 Å². The van der Waals surface area contributed by atoms with Crippen molar-refractivity contribution in [3.05, 3.63) is 33.7 Å². The third-order valence-electron chi connectivity index (χ3n) is 3.33. The van der Waals surface area contributed by atoms with Gasteiger partial charge in [-0.3, -0.25) is 9.59 Å². The second-order valence-corrected chi connectivity index (χ2v) is 5.90. The number of halogens is 1. The first-order chi connectivity index (χ1) is 10.3. The highest BCUT2D eigenvalue weighted by molar-refractivity contribution is 6.30. The molecule has 0 saturated heterocycles. The van der Waals surface area contributed by atoms with Crippen molar-refractivity contribution in [2.45, 2.75) is 45.7 Å². The average molecular weight is 329 g/mol. The number of pyridine rings is 1. The Hall–Kier alpha value is -1.82. The molecule has 0 aliphatic heterocycles. The number of carbonyl (C=O) groups excluding carboxylic acids is 1. The third-order valence-corrected chi connectivity index (χ3v) is 3.56. The van der Waals surface area contributed by atoms with Gasteiger partial charge in [-0.05, 0) is 18.4 Å². The molecule has 0 radical (unpaired) electrons. The number of aromatic nitrogens is 1. The van der Waals surface area contributed by atoms with Crippen LogP contribution in [0.25, 0.3) is 0 Å². The predicted octanol–water partition coefficient (Wildman–Crippen LogP) is 2.07. The van der Waals surface area contributed by atoms with Gasteiger partial charge in [-0.2, -0.15) is 0 Å². The number of rotatable bonds is 7. The quantitative estimate of drug-likeness (QED) is 0.802. The zero-order valence-corrected chi connectivity index (χ0v) is 13.6. The van der Waals surface area contributed by atoms with Crippen LogP contribution >= 0.6 is 11.6 Å². The van der Waals surface area contributed by atoms with Crippen LogP contribution in [0.15, 0.2) is 23.1 Å². The molecule has 7 heteroatoms. The maximum atomic E-state index is 12.4. The molecule has 0 aromatic carbocycles. The molecule has 0 aliphatic rings. The summed E-state index contributed by atoms with van der Waals surface area (Å²) in [5, 5.41) is 12.0. The van der Waals surface area contributed by atoms with Gasteiger partial charge in [0, 0.05) is 12.3 Å². The fourth-order valence-electron chi connectivity index (χ4n) is 2.15. The van der Waals surface area contributed by atoms with Gasteiger partial charge in [0.05, 0.1) is 5.02 Å². The van der Waals surface area contributed by atoms with Gasteiger partial charge in [0.25, 0.3) is 5.56 Å². The van der Waals surface area contributed by atoms with E-state index >= 15 is 0 Å². The summed E-state index contributed by atoms with van der Waals surface area (Å²) in [5.41, 5.74) is -0.352. The molecule has 2 atom stereocenters. The number of hydrogen-bond acceptors (Lipinski definition) is 3. The highest BCUT2D eigenvalue weighted by Gasteiger charge is 2.28. The molecule has 0 spiro atoms. The van der Waals surface area contributed by atoms with Crippen molar-refractivity contribution in [1.82, 2.24) is 9.88 Å². The van der Waals surface area contributed by atoms with E-state index in [1.807, 2.05) is 6.92 Å². The molecule has 1 amide bonds. The minimum absolute atomic E-state index is 0.264. The van der Waals surface area contributed by atoms with E-state index in [4.69, 9.17) is 16.7 Å². The van der Waals surface area contributed by atoms with Crippen molar-refractivity contribution < 1.29 is 14.7 Å². The van der Waals surface area contributed by atoms with Crippen LogP contribution in [0.4, 0.5) is 0 Å². The summed E-state index contributed by atoms with van der Waals surface area (Å²) >= 11 is 5.89. The summed E-state index contributed by atoms with van der Waals surface area (Å²) in [6.07, 6.45) is 2.47. The van der Waals surface area contributed by atoms with Gasteiger partial charge < -0.3 is 15.0 Å². The van der Waals surface area contributed by atoms with Crippen molar-refractivity contribution in [1.29, 1.82) is 0 Å². The minimum atomic E-state index is -1.10. The summed E-state index contributed by atoms with van der Waals surface area (Å²) in [5.74, 6) is -1.86. The average Bonchev–Trinajstić information content (AvgIpc) is 2.44. The van der Waals surface area contributed by atoms with Crippen molar-refractivity contribution in [3.63, 3.8) is 0 Å². The first-order valence-corrected chi connectivity index (χ1v) is 7.56. The summed E-state index contributed by atoms with van der Waals surface area (Å²) in [7, 11) is 0. The Morgan fingerprint density at radius 3 is 2.50 bits per heavy atom. The Morgan fingerprint density at radius 1 is 1.36 bits per heavy atom. The maximum absolute atomic E-state index is 12.4. The van der Waals surface area contributed by atoms with Crippen LogP contribution in [-0.4, -0.2) is 27.6 Å². The summed E-state index contributed by atoms with van der Waals surface area (Å²) < 4.78 is 1.25. The van der Waals surface area contributed by atoms with Gasteiger partial charge in [-0.25, -0.2) is 4.79 Å². The fraction of sp³-hybridized carbons (Fsp3) is 0.533. The Kier molecular flexibility index (Phi) is 6.61. The van der Waals surface area contributed by atoms with Gasteiger partial charge in [-0.15, -0.1) is 0 Å². The molecule has 0 fully saturated rings. The Bertz CT molecular complexity index is 597. The van der Waals surface area contributed by atoms with Crippen LogP contribution in [-0.2, 0) is 9.59 Å². The molecule has 2 unspecified atom stereocenters. The van der Waals surface area contributed by atoms with Crippen LogP contribution in [0.2, 0.25) is 5.02 Å². The van der Waals surface area contributed by atoms with Crippen molar-refractivity contribution in [2.24, 2.45) is 5.92 Å². The van der Waals surface area contributed by atoms with Crippen molar-refractivity contribution >= 4 is 23.5 Å². The number of hydrogen-bond donors (Lipinski definition) is 2.